The van der Waals surface area contributed by atoms with E-state index in [0.29, 0.717) is 17.1 Å². The molecule has 1 unspecified atom stereocenters. The predicted molar refractivity (Wildman–Crippen MR) is 84.5 cm³/mol. The smallest absolute Gasteiger partial charge is 0.255 e. The van der Waals surface area contributed by atoms with Crippen molar-refractivity contribution in [3.63, 3.8) is 0 Å². The first-order chi connectivity index (χ1) is 8.13. The molecule has 0 aliphatic carbocycles. The number of halogens is 3. The summed E-state index contributed by atoms with van der Waals surface area (Å²) in [5.41, 5.74) is 6.37. The number of likely N-dealkylation sites (tertiary alicyclic amines) is 1. The number of hydrogen-bond acceptors (Lipinski definition) is 2. The molecule has 1 heterocycles. The molecular formula is C12H15Cl2IN2O. The number of hydrogen-bond donors (Lipinski definition) is 1. The van der Waals surface area contributed by atoms with Gasteiger partial charge < -0.3 is 10.6 Å². The molecule has 0 bridgehead atoms. The minimum absolute atomic E-state index is 0. The van der Waals surface area contributed by atoms with Crippen molar-refractivity contribution in [2.24, 2.45) is 5.73 Å². The number of nitrogens with zero attached hydrogens (tertiary/aromatic N) is 1. The molecule has 1 saturated heterocycles. The second-order valence-corrected chi connectivity index (χ2v) is 5.75. The molecule has 0 radical (unpaired) electrons. The van der Waals surface area contributed by atoms with Crippen LogP contribution in [0.25, 0.3) is 0 Å². The van der Waals surface area contributed by atoms with Crippen LogP contribution in [0.2, 0.25) is 5.02 Å². The Bertz CT molecular complexity index is 442. The standard InChI is InChI=1S/C12H14ClIN2O.ClH/c13-8-3-4-11(14)10(6-8)12(17)16-5-1-2-9(16)7-15;/h3-4,6,9H,1-2,5,7,15H2;1H. The molecule has 1 aliphatic rings. The summed E-state index contributed by atoms with van der Waals surface area (Å²) in [7, 11) is 0. The third-order valence-electron chi connectivity index (χ3n) is 3.07. The lowest BCUT2D eigenvalue weighted by atomic mass is 10.1. The van der Waals surface area contributed by atoms with Crippen molar-refractivity contribution in [2.75, 3.05) is 13.1 Å². The SMILES string of the molecule is Cl.NCC1CCCN1C(=O)c1cc(Cl)ccc1I. The Balaban J connectivity index is 0.00000162. The molecule has 1 aromatic carbocycles. The van der Waals surface area contributed by atoms with Crippen molar-refractivity contribution in [2.45, 2.75) is 18.9 Å². The summed E-state index contributed by atoms with van der Waals surface area (Å²) in [4.78, 5) is 14.3. The lowest BCUT2D eigenvalue weighted by Gasteiger charge is -2.24. The Morgan fingerprint density at radius 2 is 2.28 bits per heavy atom. The van der Waals surface area contributed by atoms with E-state index in [9.17, 15) is 4.79 Å². The zero-order valence-corrected chi connectivity index (χ0v) is 13.5. The highest BCUT2D eigenvalue weighted by Gasteiger charge is 2.29. The molecule has 2 rings (SSSR count). The highest BCUT2D eigenvalue weighted by atomic mass is 127. The molecular weight excluding hydrogens is 386 g/mol. The Kier molecular flexibility index (Phi) is 6.17. The van der Waals surface area contributed by atoms with Gasteiger partial charge in [-0.2, -0.15) is 0 Å². The van der Waals surface area contributed by atoms with Gasteiger partial charge >= 0.3 is 0 Å². The van der Waals surface area contributed by atoms with Gasteiger partial charge in [-0.3, -0.25) is 4.79 Å². The fraction of sp³-hybridized carbons (Fsp3) is 0.417. The van der Waals surface area contributed by atoms with Gasteiger partial charge in [0.05, 0.1) is 5.56 Å². The van der Waals surface area contributed by atoms with E-state index in [1.165, 1.54) is 0 Å². The topological polar surface area (TPSA) is 46.3 Å². The predicted octanol–water partition coefficient (Wildman–Crippen LogP) is 2.93. The van der Waals surface area contributed by atoms with Crippen molar-refractivity contribution in [3.05, 3.63) is 32.4 Å². The number of carbonyl (C=O) groups excluding carboxylic acids is 1. The van der Waals surface area contributed by atoms with Crippen LogP contribution >= 0.6 is 46.6 Å². The summed E-state index contributed by atoms with van der Waals surface area (Å²) in [5.74, 6) is 0.0462. The molecule has 1 atom stereocenters. The highest BCUT2D eigenvalue weighted by Crippen LogP contribution is 2.24. The van der Waals surface area contributed by atoms with Gasteiger partial charge in [0.2, 0.25) is 0 Å². The molecule has 100 valence electrons. The van der Waals surface area contributed by atoms with Crippen molar-refractivity contribution in [1.29, 1.82) is 0 Å². The molecule has 1 aromatic rings. The van der Waals surface area contributed by atoms with E-state index in [0.717, 1.165) is 23.0 Å². The lowest BCUT2D eigenvalue weighted by molar-refractivity contribution is 0.0740. The van der Waals surface area contributed by atoms with Crippen molar-refractivity contribution in [3.8, 4) is 0 Å². The van der Waals surface area contributed by atoms with Gasteiger partial charge in [0, 0.05) is 27.7 Å². The van der Waals surface area contributed by atoms with Gasteiger partial charge in [-0.15, -0.1) is 12.4 Å². The summed E-state index contributed by atoms with van der Waals surface area (Å²) in [5, 5.41) is 0.595. The first-order valence-electron chi connectivity index (χ1n) is 5.59. The van der Waals surface area contributed by atoms with E-state index < -0.39 is 0 Å². The monoisotopic (exact) mass is 400 g/mol. The van der Waals surface area contributed by atoms with Gasteiger partial charge in [0.1, 0.15) is 0 Å². The van der Waals surface area contributed by atoms with Crippen LogP contribution in [-0.2, 0) is 0 Å². The largest absolute Gasteiger partial charge is 0.334 e. The summed E-state index contributed by atoms with van der Waals surface area (Å²) >= 11 is 8.10. The van der Waals surface area contributed by atoms with Crippen LogP contribution in [-0.4, -0.2) is 29.9 Å². The average Bonchev–Trinajstić information content (AvgIpc) is 2.79. The first-order valence-corrected chi connectivity index (χ1v) is 7.05. The van der Waals surface area contributed by atoms with Crippen molar-refractivity contribution >= 4 is 52.5 Å². The van der Waals surface area contributed by atoms with Gasteiger partial charge in [-0.1, -0.05) is 11.6 Å². The Hall–Kier alpha value is -0.0400. The van der Waals surface area contributed by atoms with Crippen LogP contribution in [0.4, 0.5) is 0 Å². The second-order valence-electron chi connectivity index (χ2n) is 4.15. The third kappa shape index (κ3) is 3.29. The molecule has 1 aliphatic heterocycles. The van der Waals surface area contributed by atoms with E-state index in [-0.39, 0.29) is 24.4 Å². The maximum Gasteiger partial charge on any atom is 0.255 e. The average molecular weight is 401 g/mol. The second kappa shape index (κ2) is 6.93. The molecule has 6 heteroatoms. The van der Waals surface area contributed by atoms with Gasteiger partial charge in [-0.25, -0.2) is 0 Å². The van der Waals surface area contributed by atoms with E-state index in [2.05, 4.69) is 22.6 Å². The minimum Gasteiger partial charge on any atom is -0.334 e. The van der Waals surface area contributed by atoms with Gasteiger partial charge in [0.15, 0.2) is 0 Å². The minimum atomic E-state index is 0. The summed E-state index contributed by atoms with van der Waals surface area (Å²) in [6.07, 6.45) is 2.03. The Labute approximate surface area is 132 Å². The van der Waals surface area contributed by atoms with Crippen LogP contribution in [0.3, 0.4) is 0 Å². The molecule has 3 nitrogen and oxygen atoms in total. The summed E-state index contributed by atoms with van der Waals surface area (Å²) in [6, 6.07) is 5.57. The van der Waals surface area contributed by atoms with Crippen molar-refractivity contribution < 1.29 is 4.79 Å². The molecule has 2 N–H and O–H groups in total. The van der Waals surface area contributed by atoms with E-state index in [1.54, 1.807) is 12.1 Å². The number of amides is 1. The fourth-order valence-corrected chi connectivity index (χ4v) is 2.90. The molecule has 18 heavy (non-hydrogen) atoms. The summed E-state index contributed by atoms with van der Waals surface area (Å²) in [6.45, 7) is 1.33. The molecule has 0 aromatic heterocycles. The summed E-state index contributed by atoms with van der Waals surface area (Å²) < 4.78 is 0.930. The number of nitrogens with two attached hydrogens (primary N) is 1. The van der Waals surface area contributed by atoms with Gasteiger partial charge in [0.25, 0.3) is 5.91 Å². The van der Waals surface area contributed by atoms with Gasteiger partial charge in [-0.05, 0) is 53.6 Å². The normalized spacial score (nSPS) is 18.6. The Morgan fingerprint density at radius 1 is 1.56 bits per heavy atom. The maximum atomic E-state index is 12.4. The first kappa shape index (κ1) is 16.0. The Morgan fingerprint density at radius 3 is 2.94 bits per heavy atom. The number of carbonyl (C=O) groups is 1. The molecule has 1 amide bonds. The highest BCUT2D eigenvalue weighted by molar-refractivity contribution is 14.1. The molecule has 0 spiro atoms. The van der Waals surface area contributed by atoms with E-state index in [1.807, 2.05) is 11.0 Å². The quantitative estimate of drug-likeness (QED) is 0.775. The van der Waals surface area contributed by atoms with Crippen LogP contribution in [0, 0.1) is 3.57 Å². The van der Waals surface area contributed by atoms with Crippen molar-refractivity contribution in [1.82, 2.24) is 4.90 Å². The molecule has 1 fully saturated rings. The zero-order chi connectivity index (χ0) is 12.4. The van der Waals surface area contributed by atoms with Crippen LogP contribution in [0.5, 0.6) is 0 Å². The van der Waals surface area contributed by atoms with Crippen LogP contribution in [0.1, 0.15) is 23.2 Å². The third-order valence-corrected chi connectivity index (χ3v) is 4.24. The van der Waals surface area contributed by atoms with E-state index >= 15 is 0 Å². The van der Waals surface area contributed by atoms with Crippen LogP contribution < -0.4 is 5.73 Å². The lowest BCUT2D eigenvalue weighted by Crippen LogP contribution is -2.40. The van der Waals surface area contributed by atoms with E-state index in [4.69, 9.17) is 17.3 Å². The maximum absolute atomic E-state index is 12.4. The number of benzene rings is 1. The van der Waals surface area contributed by atoms with Crippen LogP contribution in [0.15, 0.2) is 18.2 Å². The molecule has 0 saturated carbocycles. The number of rotatable bonds is 2. The fourth-order valence-electron chi connectivity index (χ4n) is 2.16. The zero-order valence-electron chi connectivity index (χ0n) is 9.73.